The third-order valence-corrected chi connectivity index (χ3v) is 6.74. The van der Waals surface area contributed by atoms with Crippen LogP contribution in [-0.4, -0.2) is 19.9 Å². The first-order chi connectivity index (χ1) is 12.0. The van der Waals surface area contributed by atoms with Gasteiger partial charge in [0, 0.05) is 13.7 Å². The Morgan fingerprint density at radius 1 is 0.840 bits per heavy atom. The van der Waals surface area contributed by atoms with Gasteiger partial charge < -0.3 is 4.74 Å². The van der Waals surface area contributed by atoms with E-state index in [0.717, 1.165) is 24.7 Å². The van der Waals surface area contributed by atoms with Gasteiger partial charge in [0.05, 0.1) is 5.92 Å². The highest BCUT2D eigenvalue weighted by atomic mass is 19.4. The number of methoxy groups -OCH3 is 1. The van der Waals surface area contributed by atoms with Crippen LogP contribution in [0.3, 0.4) is 0 Å². The maximum Gasteiger partial charge on any atom is 0.391 e. The minimum Gasteiger partial charge on any atom is -0.385 e. The quantitative estimate of drug-likeness (QED) is 0.396. The normalized spacial score (nSPS) is 27.4. The smallest absolute Gasteiger partial charge is 0.385 e. The van der Waals surface area contributed by atoms with Gasteiger partial charge in [-0.05, 0) is 49.9 Å². The number of alkyl halides is 3. The lowest BCUT2D eigenvalue weighted by molar-refractivity contribution is -0.179. The summed E-state index contributed by atoms with van der Waals surface area (Å²) >= 11 is 0. The molecule has 0 bridgehead atoms. The van der Waals surface area contributed by atoms with Crippen molar-refractivity contribution in [1.29, 1.82) is 0 Å². The molecular formula is C21H37F3O. The highest BCUT2D eigenvalue weighted by Gasteiger charge is 2.38. The van der Waals surface area contributed by atoms with Crippen molar-refractivity contribution in [3.05, 3.63) is 0 Å². The lowest BCUT2D eigenvalue weighted by atomic mass is 9.70. The van der Waals surface area contributed by atoms with Gasteiger partial charge in [-0.2, -0.15) is 13.2 Å². The van der Waals surface area contributed by atoms with Gasteiger partial charge in [-0.1, -0.05) is 57.8 Å². The minimum absolute atomic E-state index is 0.214. The summed E-state index contributed by atoms with van der Waals surface area (Å²) in [5.74, 6) is 1.40. The van der Waals surface area contributed by atoms with Crippen LogP contribution in [0.1, 0.15) is 89.9 Å². The van der Waals surface area contributed by atoms with E-state index in [1.165, 1.54) is 57.8 Å². The lowest BCUT2D eigenvalue weighted by Gasteiger charge is -2.36. The van der Waals surface area contributed by atoms with Crippen molar-refractivity contribution >= 4 is 0 Å². The number of rotatable bonds is 9. The van der Waals surface area contributed by atoms with Crippen LogP contribution in [0.2, 0.25) is 0 Å². The van der Waals surface area contributed by atoms with Crippen LogP contribution in [0, 0.1) is 23.7 Å². The van der Waals surface area contributed by atoms with Gasteiger partial charge in [0.15, 0.2) is 0 Å². The van der Waals surface area contributed by atoms with Crippen molar-refractivity contribution in [3.63, 3.8) is 0 Å². The van der Waals surface area contributed by atoms with Crippen molar-refractivity contribution in [2.24, 2.45) is 23.7 Å². The van der Waals surface area contributed by atoms with Crippen molar-refractivity contribution in [3.8, 4) is 0 Å². The third-order valence-electron chi connectivity index (χ3n) is 6.74. The average Bonchev–Trinajstić information content (AvgIpc) is 2.61. The van der Waals surface area contributed by atoms with E-state index >= 15 is 0 Å². The maximum atomic E-state index is 13.1. The Labute approximate surface area is 152 Å². The molecule has 25 heavy (non-hydrogen) atoms. The molecule has 2 saturated carbocycles. The third kappa shape index (κ3) is 7.48. The fourth-order valence-corrected chi connectivity index (χ4v) is 5.15. The number of hydrogen-bond donors (Lipinski definition) is 0. The molecule has 2 fully saturated rings. The highest BCUT2D eigenvalue weighted by Crippen LogP contribution is 2.41. The van der Waals surface area contributed by atoms with Crippen LogP contribution in [0.25, 0.3) is 0 Å². The van der Waals surface area contributed by atoms with Crippen LogP contribution in [0.4, 0.5) is 13.2 Å². The predicted molar refractivity (Wildman–Crippen MR) is 96.5 cm³/mol. The molecule has 2 aliphatic carbocycles. The summed E-state index contributed by atoms with van der Waals surface area (Å²) in [5, 5.41) is 0. The molecule has 0 heterocycles. The van der Waals surface area contributed by atoms with Crippen molar-refractivity contribution in [1.82, 2.24) is 0 Å². The van der Waals surface area contributed by atoms with E-state index in [1.54, 1.807) is 7.11 Å². The molecule has 0 saturated heterocycles. The molecule has 148 valence electrons. The first-order valence-electron chi connectivity index (χ1n) is 10.6. The van der Waals surface area contributed by atoms with Crippen LogP contribution >= 0.6 is 0 Å². The van der Waals surface area contributed by atoms with E-state index in [0.29, 0.717) is 25.4 Å². The maximum absolute atomic E-state index is 13.1. The molecule has 0 radical (unpaired) electrons. The lowest BCUT2D eigenvalue weighted by Crippen LogP contribution is -2.25. The summed E-state index contributed by atoms with van der Waals surface area (Å²) in [5.41, 5.74) is 0. The second kappa shape index (κ2) is 10.8. The highest BCUT2D eigenvalue weighted by molar-refractivity contribution is 4.80. The molecule has 1 unspecified atom stereocenters. The molecule has 4 heteroatoms. The summed E-state index contributed by atoms with van der Waals surface area (Å²) < 4.78 is 44.3. The predicted octanol–water partition coefficient (Wildman–Crippen LogP) is 7.15. The van der Waals surface area contributed by atoms with E-state index in [2.05, 4.69) is 0 Å². The minimum atomic E-state index is -4.05. The molecule has 0 N–H and O–H groups in total. The van der Waals surface area contributed by atoms with Crippen molar-refractivity contribution in [2.45, 2.75) is 96.1 Å². The van der Waals surface area contributed by atoms with Gasteiger partial charge in [-0.3, -0.25) is 0 Å². The van der Waals surface area contributed by atoms with Gasteiger partial charge in [0.1, 0.15) is 0 Å². The molecular weight excluding hydrogens is 325 g/mol. The van der Waals surface area contributed by atoms with Crippen LogP contribution in [-0.2, 0) is 4.74 Å². The monoisotopic (exact) mass is 362 g/mol. The molecule has 1 atom stereocenters. The fraction of sp³-hybridized carbons (Fsp3) is 1.00. The topological polar surface area (TPSA) is 9.23 Å². The SMILES string of the molecule is COCCCC(CCCC1CCC(C2CCCCC2)CC1)C(F)(F)F. The summed E-state index contributed by atoms with van der Waals surface area (Å²) in [7, 11) is 1.55. The Morgan fingerprint density at radius 3 is 2.04 bits per heavy atom. The van der Waals surface area contributed by atoms with E-state index in [-0.39, 0.29) is 6.42 Å². The molecule has 0 aromatic rings. The van der Waals surface area contributed by atoms with E-state index in [9.17, 15) is 13.2 Å². The van der Waals surface area contributed by atoms with Gasteiger partial charge >= 0.3 is 6.18 Å². The second-order valence-electron chi connectivity index (χ2n) is 8.48. The Balaban J connectivity index is 1.63. The zero-order valence-corrected chi connectivity index (χ0v) is 16.0. The second-order valence-corrected chi connectivity index (χ2v) is 8.48. The summed E-state index contributed by atoms with van der Waals surface area (Å²) in [6.45, 7) is 0.428. The van der Waals surface area contributed by atoms with Gasteiger partial charge in [-0.15, -0.1) is 0 Å². The Bertz CT molecular complexity index is 342. The molecule has 1 nitrogen and oxygen atoms in total. The van der Waals surface area contributed by atoms with Crippen molar-refractivity contribution in [2.75, 3.05) is 13.7 Å². The largest absolute Gasteiger partial charge is 0.391 e. The molecule has 0 spiro atoms. The molecule has 2 rings (SSSR count). The first kappa shape index (κ1) is 21.1. The van der Waals surface area contributed by atoms with Crippen LogP contribution in [0.5, 0.6) is 0 Å². The molecule has 0 aliphatic heterocycles. The molecule has 2 aliphatic rings. The summed E-state index contributed by atoms with van der Waals surface area (Å²) in [6.07, 6.45) is 10.9. The number of ether oxygens (including phenoxy) is 1. The molecule has 0 aromatic carbocycles. The Morgan fingerprint density at radius 2 is 1.44 bits per heavy atom. The summed E-state index contributed by atoms with van der Waals surface area (Å²) in [4.78, 5) is 0. The zero-order valence-electron chi connectivity index (χ0n) is 16.0. The van der Waals surface area contributed by atoms with Crippen LogP contribution < -0.4 is 0 Å². The summed E-state index contributed by atoms with van der Waals surface area (Å²) in [6, 6.07) is 0. The average molecular weight is 363 g/mol. The Hall–Kier alpha value is -0.250. The van der Waals surface area contributed by atoms with E-state index in [1.807, 2.05) is 0 Å². The van der Waals surface area contributed by atoms with Gasteiger partial charge in [0.25, 0.3) is 0 Å². The Kier molecular flexibility index (Phi) is 9.09. The van der Waals surface area contributed by atoms with Crippen LogP contribution in [0.15, 0.2) is 0 Å². The fourth-order valence-electron chi connectivity index (χ4n) is 5.15. The number of hydrogen-bond acceptors (Lipinski definition) is 1. The number of halogens is 3. The molecule has 0 aromatic heterocycles. The van der Waals surface area contributed by atoms with Crippen molar-refractivity contribution < 1.29 is 17.9 Å². The standard InChI is InChI=1S/C21H37F3O/c1-25-16-6-11-20(21(22,23)24)10-5-7-17-12-14-19(15-13-17)18-8-3-2-4-9-18/h17-20H,2-16H2,1H3. The zero-order chi connectivity index (χ0) is 18.1. The van der Waals surface area contributed by atoms with E-state index in [4.69, 9.17) is 4.74 Å². The molecule has 0 amide bonds. The van der Waals surface area contributed by atoms with E-state index < -0.39 is 12.1 Å². The van der Waals surface area contributed by atoms with Gasteiger partial charge in [0.2, 0.25) is 0 Å². The first-order valence-corrected chi connectivity index (χ1v) is 10.6. The van der Waals surface area contributed by atoms with Gasteiger partial charge in [-0.25, -0.2) is 0 Å².